The minimum absolute atomic E-state index is 0.198. The summed E-state index contributed by atoms with van der Waals surface area (Å²) in [5.74, 6) is -0.952. The second-order valence-corrected chi connectivity index (χ2v) is 11.1. The number of hydrogen-bond acceptors (Lipinski definition) is 8. The monoisotopic (exact) mass is 484 g/mol. The highest BCUT2D eigenvalue weighted by Gasteiger charge is 2.48. The van der Waals surface area contributed by atoms with E-state index in [0.717, 1.165) is 51.4 Å². The number of carbonyl (C=O) groups is 2. The molecule has 3 rings (SSSR count). The summed E-state index contributed by atoms with van der Waals surface area (Å²) in [4.78, 5) is 23.8. The Morgan fingerprint density at radius 3 is 1.47 bits per heavy atom. The van der Waals surface area contributed by atoms with Crippen molar-refractivity contribution in [1.29, 1.82) is 0 Å². The normalized spacial score (nSPS) is 26.9. The number of ether oxygens (including phenoxy) is 4. The second kappa shape index (κ2) is 12.7. The smallest absolute Gasteiger partial charge is 0.326 e. The molecular formula is C26H48N2O6. The summed E-state index contributed by atoms with van der Waals surface area (Å²) in [6.45, 7) is 10.9. The van der Waals surface area contributed by atoms with E-state index in [0.29, 0.717) is 57.5 Å². The Balaban J connectivity index is 0.000000242. The maximum absolute atomic E-state index is 12.0. The predicted octanol–water partition coefficient (Wildman–Crippen LogP) is 3.97. The molecule has 4 N–H and O–H groups in total. The standard InChI is InChI=1S/C13H23NO4.C13H25NO2/c1-2-3-8-16-11(15)12(14)4-6-13(7-5-12)17-9-10-18-13;1-4-5-10-16-11(15)13(14)8-6-12(2,3)7-9-13/h2-10,14H2,1H3;4-10,14H2,1-3H3. The zero-order valence-corrected chi connectivity index (χ0v) is 21.9. The fourth-order valence-corrected chi connectivity index (χ4v) is 4.55. The molecule has 0 unspecified atom stereocenters. The fourth-order valence-electron chi connectivity index (χ4n) is 4.55. The lowest BCUT2D eigenvalue weighted by atomic mass is 9.70. The molecule has 1 spiro atoms. The molecule has 2 aliphatic carbocycles. The van der Waals surface area contributed by atoms with Crippen molar-refractivity contribution in [1.82, 2.24) is 0 Å². The summed E-state index contributed by atoms with van der Waals surface area (Å²) in [5.41, 5.74) is 11.0. The van der Waals surface area contributed by atoms with Gasteiger partial charge in [-0.1, -0.05) is 40.5 Å². The van der Waals surface area contributed by atoms with Gasteiger partial charge in [0.25, 0.3) is 0 Å². The van der Waals surface area contributed by atoms with Crippen molar-refractivity contribution >= 4 is 11.9 Å². The maximum Gasteiger partial charge on any atom is 0.326 e. The Morgan fingerprint density at radius 1 is 0.706 bits per heavy atom. The summed E-state index contributed by atoms with van der Waals surface area (Å²) in [5, 5.41) is 0. The second-order valence-electron chi connectivity index (χ2n) is 11.1. The number of rotatable bonds is 8. The van der Waals surface area contributed by atoms with E-state index >= 15 is 0 Å². The molecule has 0 bridgehead atoms. The predicted molar refractivity (Wildman–Crippen MR) is 131 cm³/mol. The van der Waals surface area contributed by atoms with Gasteiger partial charge >= 0.3 is 11.9 Å². The molecule has 0 amide bonds. The van der Waals surface area contributed by atoms with E-state index in [1.807, 2.05) is 0 Å². The molecular weight excluding hydrogens is 436 g/mol. The van der Waals surface area contributed by atoms with Gasteiger partial charge in [-0.15, -0.1) is 0 Å². The largest absolute Gasteiger partial charge is 0.464 e. The van der Waals surface area contributed by atoms with Crippen LogP contribution in [-0.2, 0) is 28.5 Å². The Labute approximate surface area is 205 Å². The van der Waals surface area contributed by atoms with Gasteiger partial charge in [-0.25, -0.2) is 0 Å². The first kappa shape index (κ1) is 29.0. The Kier molecular flexibility index (Phi) is 10.8. The molecule has 0 aromatic carbocycles. The van der Waals surface area contributed by atoms with Crippen molar-refractivity contribution < 1.29 is 28.5 Å². The van der Waals surface area contributed by atoms with Crippen molar-refractivity contribution in [3.8, 4) is 0 Å². The van der Waals surface area contributed by atoms with Gasteiger partial charge in [0, 0.05) is 12.8 Å². The van der Waals surface area contributed by atoms with Crippen LogP contribution in [0.1, 0.15) is 105 Å². The lowest BCUT2D eigenvalue weighted by molar-refractivity contribution is -0.190. The number of nitrogens with two attached hydrogens (primary N) is 2. The summed E-state index contributed by atoms with van der Waals surface area (Å²) < 4.78 is 21.7. The van der Waals surface area contributed by atoms with Crippen LogP contribution in [0.3, 0.4) is 0 Å². The first-order chi connectivity index (χ1) is 16.0. The average Bonchev–Trinajstić information content (AvgIpc) is 3.27. The van der Waals surface area contributed by atoms with Crippen molar-refractivity contribution in [2.75, 3.05) is 26.4 Å². The molecule has 8 nitrogen and oxygen atoms in total. The van der Waals surface area contributed by atoms with E-state index in [2.05, 4.69) is 27.7 Å². The van der Waals surface area contributed by atoms with Crippen LogP contribution in [0, 0.1) is 5.41 Å². The molecule has 198 valence electrons. The van der Waals surface area contributed by atoms with E-state index in [1.54, 1.807) is 0 Å². The molecule has 0 aromatic heterocycles. The molecule has 8 heteroatoms. The highest BCUT2D eigenvalue weighted by Crippen LogP contribution is 2.40. The zero-order chi connectivity index (χ0) is 25.3. The lowest BCUT2D eigenvalue weighted by Gasteiger charge is -2.39. The van der Waals surface area contributed by atoms with Crippen molar-refractivity contribution in [3.63, 3.8) is 0 Å². The molecule has 1 saturated heterocycles. The van der Waals surface area contributed by atoms with Gasteiger partial charge in [0.2, 0.25) is 0 Å². The SMILES string of the molecule is CCCCOC(=O)C1(N)CCC(C)(C)CC1.CCCCOC(=O)C1(N)CCC2(CC1)OCCO2. The average molecular weight is 485 g/mol. The first-order valence-corrected chi connectivity index (χ1v) is 13.2. The van der Waals surface area contributed by atoms with Crippen LogP contribution in [0.25, 0.3) is 0 Å². The van der Waals surface area contributed by atoms with Crippen molar-refractivity contribution in [3.05, 3.63) is 0 Å². The van der Waals surface area contributed by atoms with Gasteiger partial charge in [-0.2, -0.15) is 0 Å². The number of carbonyl (C=O) groups excluding carboxylic acids is 2. The van der Waals surface area contributed by atoms with E-state index in [1.165, 1.54) is 0 Å². The number of hydrogen-bond donors (Lipinski definition) is 2. The van der Waals surface area contributed by atoms with Crippen LogP contribution >= 0.6 is 0 Å². The maximum atomic E-state index is 12.0. The third kappa shape index (κ3) is 8.18. The van der Waals surface area contributed by atoms with Gasteiger partial charge in [0.1, 0.15) is 11.1 Å². The van der Waals surface area contributed by atoms with Crippen LogP contribution in [-0.4, -0.2) is 55.2 Å². The van der Waals surface area contributed by atoms with Crippen molar-refractivity contribution in [2.24, 2.45) is 16.9 Å². The molecule has 3 fully saturated rings. The van der Waals surface area contributed by atoms with E-state index in [-0.39, 0.29) is 11.9 Å². The molecule has 1 aliphatic heterocycles. The number of esters is 2. The minimum Gasteiger partial charge on any atom is -0.464 e. The fraction of sp³-hybridized carbons (Fsp3) is 0.923. The zero-order valence-electron chi connectivity index (χ0n) is 21.9. The topological polar surface area (TPSA) is 123 Å². The quantitative estimate of drug-likeness (QED) is 0.392. The molecule has 0 aromatic rings. The first-order valence-electron chi connectivity index (χ1n) is 13.2. The Bertz CT molecular complexity index is 640. The van der Waals surface area contributed by atoms with E-state index in [4.69, 9.17) is 30.4 Å². The summed E-state index contributed by atoms with van der Waals surface area (Å²) in [6.07, 6.45) is 9.86. The Morgan fingerprint density at radius 2 is 1.09 bits per heavy atom. The van der Waals surface area contributed by atoms with Crippen LogP contribution in [0.5, 0.6) is 0 Å². The third-order valence-corrected chi connectivity index (χ3v) is 7.49. The lowest BCUT2D eigenvalue weighted by Crippen LogP contribution is -2.55. The summed E-state index contributed by atoms with van der Waals surface area (Å²) in [6, 6.07) is 0. The van der Waals surface area contributed by atoms with Gasteiger partial charge in [0.05, 0.1) is 26.4 Å². The Hall–Kier alpha value is -1.22. The van der Waals surface area contributed by atoms with Gasteiger partial charge in [-0.05, 0) is 56.8 Å². The molecule has 0 radical (unpaired) electrons. The van der Waals surface area contributed by atoms with Crippen LogP contribution < -0.4 is 11.5 Å². The molecule has 1 heterocycles. The minimum atomic E-state index is -0.853. The highest BCUT2D eigenvalue weighted by molar-refractivity contribution is 5.81. The van der Waals surface area contributed by atoms with Crippen LogP contribution in [0.4, 0.5) is 0 Å². The van der Waals surface area contributed by atoms with Gasteiger partial charge in [0.15, 0.2) is 5.79 Å². The van der Waals surface area contributed by atoms with Gasteiger partial charge < -0.3 is 30.4 Å². The van der Waals surface area contributed by atoms with Crippen molar-refractivity contribution in [2.45, 2.75) is 122 Å². The summed E-state index contributed by atoms with van der Waals surface area (Å²) >= 11 is 0. The molecule has 3 aliphatic rings. The van der Waals surface area contributed by atoms with Crippen LogP contribution in [0.15, 0.2) is 0 Å². The van der Waals surface area contributed by atoms with E-state index < -0.39 is 16.9 Å². The molecule has 34 heavy (non-hydrogen) atoms. The van der Waals surface area contributed by atoms with E-state index in [9.17, 15) is 9.59 Å². The van der Waals surface area contributed by atoms with Crippen LogP contribution in [0.2, 0.25) is 0 Å². The third-order valence-electron chi connectivity index (χ3n) is 7.49. The number of unbranched alkanes of at least 4 members (excludes halogenated alkanes) is 2. The molecule has 2 saturated carbocycles. The molecule has 0 atom stereocenters. The van der Waals surface area contributed by atoms with Gasteiger partial charge in [-0.3, -0.25) is 9.59 Å². The highest BCUT2D eigenvalue weighted by atomic mass is 16.7. The summed E-state index contributed by atoms with van der Waals surface area (Å²) in [7, 11) is 0.